The fourth-order valence-corrected chi connectivity index (χ4v) is 3.37. The molecular weight excluding hydrogens is 359 g/mol. The van der Waals surface area contributed by atoms with E-state index in [1.54, 1.807) is 0 Å². The zero-order valence-corrected chi connectivity index (χ0v) is 13.2. The van der Waals surface area contributed by atoms with Crippen LogP contribution in [0.5, 0.6) is 0 Å². The molecule has 0 bridgehead atoms. The highest BCUT2D eigenvalue weighted by Crippen LogP contribution is 2.35. The van der Waals surface area contributed by atoms with Crippen molar-refractivity contribution in [3.05, 3.63) is 63.2 Å². The van der Waals surface area contributed by atoms with Crippen LogP contribution in [0.1, 0.15) is 11.1 Å². The first kappa shape index (κ1) is 13.4. The molecule has 1 aliphatic rings. The highest BCUT2D eigenvalue weighted by molar-refractivity contribution is 14.1. The fourth-order valence-electron chi connectivity index (χ4n) is 2.79. The number of benzene rings is 2. The molecule has 1 aliphatic heterocycles. The van der Waals surface area contributed by atoms with Gasteiger partial charge in [-0.25, -0.2) is 0 Å². The molecule has 0 unspecified atom stereocenters. The van der Waals surface area contributed by atoms with Gasteiger partial charge >= 0.3 is 0 Å². The second-order valence-corrected chi connectivity index (χ2v) is 6.51. The predicted octanol–water partition coefficient (Wildman–Crippen LogP) is 4.01. The van der Waals surface area contributed by atoms with Crippen LogP contribution in [0.2, 0.25) is 0 Å². The molecule has 0 aliphatic carbocycles. The number of para-hydroxylation sites is 1. The molecule has 2 nitrogen and oxygen atoms in total. The summed E-state index contributed by atoms with van der Waals surface area (Å²) in [6.07, 6.45) is 1.61. The molecule has 3 rings (SSSR count). The molecule has 1 heterocycles. The number of halogens is 1. The molecule has 0 aromatic heterocycles. The standard InChI is InChI=1S/C17H15IN2/c18-15-7-3-1-5-13(15)9-17(11-19)10-14-6-2-4-8-16(14)20-12-17/h1-8,20H,9-10,12H2/t17-/m1/s1. The maximum absolute atomic E-state index is 9.73. The van der Waals surface area contributed by atoms with Crippen molar-refractivity contribution in [3.8, 4) is 6.07 Å². The monoisotopic (exact) mass is 374 g/mol. The van der Waals surface area contributed by atoms with Gasteiger partial charge in [0.15, 0.2) is 0 Å². The topological polar surface area (TPSA) is 35.8 Å². The Balaban J connectivity index is 1.91. The zero-order valence-electron chi connectivity index (χ0n) is 11.1. The van der Waals surface area contributed by atoms with Crippen LogP contribution in [0.4, 0.5) is 5.69 Å². The lowest BCUT2D eigenvalue weighted by Gasteiger charge is -2.33. The van der Waals surface area contributed by atoms with Gasteiger partial charge in [-0.2, -0.15) is 5.26 Å². The molecule has 0 amide bonds. The van der Waals surface area contributed by atoms with E-state index in [2.05, 4.69) is 58.2 Å². The third-order valence-electron chi connectivity index (χ3n) is 3.89. The van der Waals surface area contributed by atoms with E-state index in [-0.39, 0.29) is 5.41 Å². The normalized spacial score (nSPS) is 20.6. The Labute approximate surface area is 133 Å². The Kier molecular flexibility index (Phi) is 3.66. The quantitative estimate of drug-likeness (QED) is 0.807. The first-order chi connectivity index (χ1) is 9.72. The van der Waals surface area contributed by atoms with Gasteiger partial charge in [-0.05, 0) is 58.7 Å². The van der Waals surface area contributed by atoms with E-state index in [1.807, 2.05) is 24.3 Å². The van der Waals surface area contributed by atoms with Gasteiger partial charge in [-0.1, -0.05) is 36.4 Å². The van der Waals surface area contributed by atoms with Crippen LogP contribution in [0.3, 0.4) is 0 Å². The van der Waals surface area contributed by atoms with Crippen LogP contribution in [0, 0.1) is 20.3 Å². The summed E-state index contributed by atoms with van der Waals surface area (Å²) in [7, 11) is 0. The molecule has 2 aromatic carbocycles. The minimum atomic E-state index is -0.352. The van der Waals surface area contributed by atoms with E-state index in [0.717, 1.165) is 12.8 Å². The van der Waals surface area contributed by atoms with Crippen molar-refractivity contribution in [1.82, 2.24) is 0 Å². The lowest BCUT2D eigenvalue weighted by atomic mass is 9.75. The number of hydrogen-bond acceptors (Lipinski definition) is 2. The summed E-state index contributed by atoms with van der Waals surface area (Å²) in [5.41, 5.74) is 3.32. The molecule has 1 atom stereocenters. The lowest BCUT2D eigenvalue weighted by molar-refractivity contribution is 0.403. The van der Waals surface area contributed by atoms with Crippen molar-refractivity contribution in [1.29, 1.82) is 5.26 Å². The predicted molar refractivity (Wildman–Crippen MR) is 89.5 cm³/mol. The molecular formula is C17H15IN2. The Morgan fingerprint density at radius 3 is 2.70 bits per heavy atom. The minimum Gasteiger partial charge on any atom is -0.383 e. The van der Waals surface area contributed by atoms with Gasteiger partial charge in [-0.15, -0.1) is 0 Å². The number of rotatable bonds is 2. The number of nitrogens with one attached hydrogen (secondary N) is 1. The highest BCUT2D eigenvalue weighted by atomic mass is 127. The average Bonchev–Trinajstić information content (AvgIpc) is 2.49. The maximum atomic E-state index is 9.73. The van der Waals surface area contributed by atoms with Gasteiger partial charge in [0, 0.05) is 15.8 Å². The molecule has 0 spiro atoms. The molecule has 0 radical (unpaired) electrons. The summed E-state index contributed by atoms with van der Waals surface area (Å²) < 4.78 is 1.23. The van der Waals surface area contributed by atoms with Crippen molar-refractivity contribution < 1.29 is 0 Å². The molecule has 100 valence electrons. The summed E-state index contributed by atoms with van der Waals surface area (Å²) >= 11 is 2.35. The molecule has 0 saturated heterocycles. The van der Waals surface area contributed by atoms with E-state index in [0.29, 0.717) is 6.54 Å². The van der Waals surface area contributed by atoms with Crippen LogP contribution in [-0.4, -0.2) is 6.54 Å². The summed E-state index contributed by atoms with van der Waals surface area (Å²) in [5.74, 6) is 0. The van der Waals surface area contributed by atoms with Gasteiger partial charge < -0.3 is 5.32 Å². The van der Waals surface area contributed by atoms with Crippen molar-refractivity contribution in [2.45, 2.75) is 12.8 Å². The summed E-state index contributed by atoms with van der Waals surface area (Å²) in [6, 6.07) is 19.2. The largest absolute Gasteiger partial charge is 0.383 e. The van der Waals surface area contributed by atoms with Crippen molar-refractivity contribution in [3.63, 3.8) is 0 Å². The summed E-state index contributed by atoms with van der Waals surface area (Å²) in [6.45, 7) is 0.714. The lowest BCUT2D eigenvalue weighted by Crippen LogP contribution is -2.37. The summed E-state index contributed by atoms with van der Waals surface area (Å²) in [4.78, 5) is 0. The smallest absolute Gasteiger partial charge is 0.0827 e. The van der Waals surface area contributed by atoms with E-state index < -0.39 is 0 Å². The van der Waals surface area contributed by atoms with Gasteiger partial charge in [0.05, 0.1) is 11.5 Å². The molecule has 3 heteroatoms. The fraction of sp³-hybridized carbons (Fsp3) is 0.235. The molecule has 0 saturated carbocycles. The summed E-state index contributed by atoms with van der Waals surface area (Å²) in [5, 5.41) is 13.1. The van der Waals surface area contributed by atoms with Gasteiger partial charge in [0.2, 0.25) is 0 Å². The first-order valence-corrected chi connectivity index (χ1v) is 7.77. The maximum Gasteiger partial charge on any atom is 0.0827 e. The molecule has 1 N–H and O–H groups in total. The van der Waals surface area contributed by atoms with Crippen molar-refractivity contribution >= 4 is 28.3 Å². The average molecular weight is 374 g/mol. The van der Waals surface area contributed by atoms with Crippen LogP contribution in [0.15, 0.2) is 48.5 Å². The number of nitrogens with zero attached hydrogens (tertiary/aromatic N) is 1. The van der Waals surface area contributed by atoms with Crippen LogP contribution in [-0.2, 0) is 12.8 Å². The second-order valence-electron chi connectivity index (χ2n) is 5.35. The Morgan fingerprint density at radius 1 is 1.15 bits per heavy atom. The molecule has 0 fully saturated rings. The number of hydrogen-bond donors (Lipinski definition) is 1. The number of nitriles is 1. The third-order valence-corrected chi connectivity index (χ3v) is 4.94. The van der Waals surface area contributed by atoms with E-state index >= 15 is 0 Å². The Morgan fingerprint density at radius 2 is 1.90 bits per heavy atom. The van der Waals surface area contributed by atoms with Crippen LogP contribution >= 0.6 is 22.6 Å². The number of anilines is 1. The van der Waals surface area contributed by atoms with Gasteiger partial charge in [-0.3, -0.25) is 0 Å². The van der Waals surface area contributed by atoms with Crippen LogP contribution in [0.25, 0.3) is 0 Å². The first-order valence-electron chi connectivity index (χ1n) is 6.69. The van der Waals surface area contributed by atoms with Crippen LogP contribution < -0.4 is 5.32 Å². The number of fused-ring (bicyclic) bond motifs is 1. The van der Waals surface area contributed by atoms with Crippen molar-refractivity contribution in [2.75, 3.05) is 11.9 Å². The Hall–Kier alpha value is -1.54. The molecule has 20 heavy (non-hydrogen) atoms. The Bertz CT molecular complexity index is 675. The minimum absolute atomic E-state index is 0.352. The SMILES string of the molecule is N#C[C@]1(Cc2ccccc2I)CNc2ccccc2C1. The highest BCUT2D eigenvalue weighted by Gasteiger charge is 2.35. The van der Waals surface area contributed by atoms with E-state index in [1.165, 1.54) is 20.4 Å². The van der Waals surface area contributed by atoms with Crippen molar-refractivity contribution in [2.24, 2.45) is 5.41 Å². The van der Waals surface area contributed by atoms with E-state index in [9.17, 15) is 5.26 Å². The van der Waals surface area contributed by atoms with E-state index in [4.69, 9.17) is 0 Å². The second kappa shape index (κ2) is 5.45. The molecule has 2 aromatic rings. The van der Waals surface area contributed by atoms with Gasteiger partial charge in [0.1, 0.15) is 0 Å². The zero-order chi connectivity index (χ0) is 14.0. The third kappa shape index (κ3) is 2.53. The van der Waals surface area contributed by atoms with Gasteiger partial charge in [0.25, 0.3) is 0 Å².